The third-order valence-electron chi connectivity index (χ3n) is 4.63. The Morgan fingerprint density at radius 1 is 1.29 bits per heavy atom. The van der Waals surface area contributed by atoms with Gasteiger partial charge in [-0.25, -0.2) is 0 Å². The van der Waals surface area contributed by atoms with E-state index in [1.807, 2.05) is 24.3 Å². The molecule has 0 amide bonds. The monoisotopic (exact) mass is 285 g/mol. The van der Waals surface area contributed by atoms with E-state index >= 15 is 0 Å². The minimum Gasteiger partial charge on any atom is -0.479 e. The van der Waals surface area contributed by atoms with Gasteiger partial charge in [-0.05, 0) is 43.5 Å². The van der Waals surface area contributed by atoms with Gasteiger partial charge in [0.15, 0.2) is 6.61 Å². The first-order valence-corrected chi connectivity index (χ1v) is 7.93. The highest BCUT2D eigenvalue weighted by atomic mass is 16.5. The second-order valence-corrected chi connectivity index (χ2v) is 5.97. The standard InChI is InChI=1S/C17H23N3O/c18-8-11-21-15-5-3-4-14(12-15)13-19-16-7-10-20-9-2-1-6-17(16)20/h3-5,12,16-17,19H,1-2,6-7,9-11,13H2. The van der Waals surface area contributed by atoms with Crippen LogP contribution in [0.1, 0.15) is 31.2 Å². The van der Waals surface area contributed by atoms with Crippen molar-refractivity contribution in [2.75, 3.05) is 19.7 Å². The predicted molar refractivity (Wildman–Crippen MR) is 82.0 cm³/mol. The zero-order chi connectivity index (χ0) is 14.5. The fraction of sp³-hybridized carbons (Fsp3) is 0.588. The van der Waals surface area contributed by atoms with Gasteiger partial charge in [0.05, 0.1) is 0 Å². The number of ether oxygens (including phenoxy) is 1. The average Bonchev–Trinajstić information content (AvgIpc) is 2.95. The minimum absolute atomic E-state index is 0.108. The third kappa shape index (κ3) is 3.55. The van der Waals surface area contributed by atoms with Crippen molar-refractivity contribution in [2.45, 2.75) is 44.3 Å². The molecule has 1 aromatic rings. The summed E-state index contributed by atoms with van der Waals surface area (Å²) in [4.78, 5) is 2.65. The van der Waals surface area contributed by atoms with E-state index in [4.69, 9.17) is 10.00 Å². The Morgan fingerprint density at radius 3 is 3.14 bits per heavy atom. The summed E-state index contributed by atoms with van der Waals surface area (Å²) in [7, 11) is 0. The van der Waals surface area contributed by atoms with Crippen molar-refractivity contribution in [3.05, 3.63) is 29.8 Å². The second-order valence-electron chi connectivity index (χ2n) is 5.97. The van der Waals surface area contributed by atoms with Crippen LogP contribution in [0.2, 0.25) is 0 Å². The molecule has 1 N–H and O–H groups in total. The third-order valence-corrected chi connectivity index (χ3v) is 4.63. The van der Waals surface area contributed by atoms with Gasteiger partial charge in [0.1, 0.15) is 11.8 Å². The smallest absolute Gasteiger partial charge is 0.174 e. The van der Waals surface area contributed by atoms with Gasteiger partial charge in [-0.15, -0.1) is 0 Å². The molecule has 0 saturated carbocycles. The molecule has 2 unspecified atom stereocenters. The van der Waals surface area contributed by atoms with Crippen LogP contribution in [0.4, 0.5) is 0 Å². The molecule has 0 aromatic heterocycles. The lowest BCUT2D eigenvalue weighted by atomic mass is 9.99. The van der Waals surface area contributed by atoms with Gasteiger partial charge in [-0.3, -0.25) is 4.90 Å². The molecule has 0 radical (unpaired) electrons. The summed E-state index contributed by atoms with van der Waals surface area (Å²) in [6, 6.07) is 11.4. The molecular formula is C17H23N3O. The van der Waals surface area contributed by atoms with Gasteiger partial charge in [0.2, 0.25) is 0 Å². The van der Waals surface area contributed by atoms with E-state index < -0.39 is 0 Å². The molecule has 4 heteroatoms. The summed E-state index contributed by atoms with van der Waals surface area (Å²) in [6.45, 7) is 3.50. The maximum absolute atomic E-state index is 8.56. The van der Waals surface area contributed by atoms with Crippen LogP contribution >= 0.6 is 0 Å². The van der Waals surface area contributed by atoms with Gasteiger partial charge >= 0.3 is 0 Å². The van der Waals surface area contributed by atoms with E-state index in [1.54, 1.807) is 0 Å². The molecule has 2 heterocycles. The van der Waals surface area contributed by atoms with E-state index in [2.05, 4.69) is 16.3 Å². The Bertz CT molecular complexity index is 511. The second kappa shape index (κ2) is 6.93. The van der Waals surface area contributed by atoms with Crippen LogP contribution in [0.25, 0.3) is 0 Å². The highest BCUT2D eigenvalue weighted by molar-refractivity contribution is 5.28. The predicted octanol–water partition coefficient (Wildman–Crippen LogP) is 2.31. The van der Waals surface area contributed by atoms with E-state index in [1.165, 1.54) is 44.3 Å². The zero-order valence-corrected chi connectivity index (χ0v) is 12.4. The van der Waals surface area contributed by atoms with Gasteiger partial charge in [-0.1, -0.05) is 18.6 Å². The molecule has 2 saturated heterocycles. The summed E-state index contributed by atoms with van der Waals surface area (Å²) in [6.07, 6.45) is 5.33. The summed E-state index contributed by atoms with van der Waals surface area (Å²) in [5.41, 5.74) is 1.22. The van der Waals surface area contributed by atoms with E-state index in [-0.39, 0.29) is 6.61 Å². The highest BCUT2D eigenvalue weighted by Gasteiger charge is 2.34. The molecule has 1 aromatic carbocycles. The number of hydrogen-bond acceptors (Lipinski definition) is 4. The van der Waals surface area contributed by atoms with Crippen LogP contribution in [0.15, 0.2) is 24.3 Å². The molecule has 2 aliphatic rings. The van der Waals surface area contributed by atoms with Crippen LogP contribution < -0.4 is 10.1 Å². The van der Waals surface area contributed by atoms with Crippen LogP contribution in [-0.2, 0) is 6.54 Å². The van der Waals surface area contributed by atoms with Gasteiger partial charge in [0, 0.05) is 25.2 Å². The fourth-order valence-electron chi connectivity index (χ4n) is 3.60. The first-order chi connectivity index (χ1) is 10.4. The molecular weight excluding hydrogens is 262 g/mol. The van der Waals surface area contributed by atoms with Crippen molar-refractivity contribution in [3.8, 4) is 11.8 Å². The lowest BCUT2D eigenvalue weighted by Gasteiger charge is -2.32. The molecule has 0 spiro atoms. The summed E-state index contributed by atoms with van der Waals surface area (Å²) < 4.78 is 5.36. The van der Waals surface area contributed by atoms with Crippen LogP contribution in [0.5, 0.6) is 5.75 Å². The topological polar surface area (TPSA) is 48.3 Å². The quantitative estimate of drug-likeness (QED) is 0.902. The Morgan fingerprint density at radius 2 is 2.24 bits per heavy atom. The summed E-state index contributed by atoms with van der Waals surface area (Å²) in [5.74, 6) is 0.779. The first kappa shape index (κ1) is 14.4. The van der Waals surface area contributed by atoms with Gasteiger partial charge in [-0.2, -0.15) is 5.26 Å². The summed E-state index contributed by atoms with van der Waals surface area (Å²) in [5, 5.41) is 12.3. The normalized spacial score (nSPS) is 25.3. The Labute approximate surface area is 126 Å². The number of rotatable bonds is 5. The lowest BCUT2D eigenvalue weighted by molar-refractivity contribution is 0.180. The van der Waals surface area contributed by atoms with Crippen LogP contribution in [0, 0.1) is 11.3 Å². The van der Waals surface area contributed by atoms with Gasteiger partial charge in [0.25, 0.3) is 0 Å². The Hall–Kier alpha value is -1.57. The molecule has 0 bridgehead atoms. The summed E-state index contributed by atoms with van der Waals surface area (Å²) >= 11 is 0. The number of piperidine rings is 1. The largest absolute Gasteiger partial charge is 0.479 e. The van der Waals surface area contributed by atoms with Crippen molar-refractivity contribution >= 4 is 0 Å². The molecule has 3 rings (SSSR count). The number of fused-ring (bicyclic) bond motifs is 1. The Kier molecular flexibility index (Phi) is 4.74. The molecule has 2 fully saturated rings. The van der Waals surface area contributed by atoms with Crippen molar-refractivity contribution in [1.29, 1.82) is 5.26 Å². The maximum atomic E-state index is 8.56. The van der Waals surface area contributed by atoms with E-state index in [9.17, 15) is 0 Å². The highest BCUT2D eigenvalue weighted by Crippen LogP contribution is 2.27. The Balaban J connectivity index is 1.54. The minimum atomic E-state index is 0.108. The molecule has 2 atom stereocenters. The number of nitrogens with one attached hydrogen (secondary N) is 1. The molecule has 0 aliphatic carbocycles. The van der Waals surface area contributed by atoms with Crippen molar-refractivity contribution in [2.24, 2.45) is 0 Å². The molecule has 112 valence electrons. The average molecular weight is 285 g/mol. The van der Waals surface area contributed by atoms with Crippen molar-refractivity contribution < 1.29 is 4.74 Å². The molecule has 21 heavy (non-hydrogen) atoms. The SMILES string of the molecule is N#CCOc1cccc(CNC2CCN3CCCCC23)c1. The van der Waals surface area contributed by atoms with Gasteiger partial charge < -0.3 is 10.1 Å². The fourth-order valence-corrected chi connectivity index (χ4v) is 3.60. The van der Waals surface area contributed by atoms with Crippen molar-refractivity contribution in [1.82, 2.24) is 10.2 Å². The first-order valence-electron chi connectivity index (χ1n) is 7.93. The van der Waals surface area contributed by atoms with Crippen molar-refractivity contribution in [3.63, 3.8) is 0 Å². The maximum Gasteiger partial charge on any atom is 0.174 e. The van der Waals surface area contributed by atoms with Crippen LogP contribution in [-0.4, -0.2) is 36.7 Å². The number of benzene rings is 1. The zero-order valence-electron chi connectivity index (χ0n) is 12.4. The lowest BCUT2D eigenvalue weighted by Crippen LogP contribution is -2.44. The number of hydrogen-bond donors (Lipinski definition) is 1. The number of nitrogens with zero attached hydrogens (tertiary/aromatic N) is 2. The number of nitriles is 1. The molecule has 4 nitrogen and oxygen atoms in total. The van der Waals surface area contributed by atoms with Crippen LogP contribution in [0.3, 0.4) is 0 Å². The van der Waals surface area contributed by atoms with E-state index in [0.717, 1.165) is 18.3 Å². The van der Waals surface area contributed by atoms with E-state index in [0.29, 0.717) is 6.04 Å². The molecule has 2 aliphatic heterocycles.